The molecule has 2 aromatic rings. The SMILES string of the molecule is O=C1CCc2ccc(C(=O)OCCCCN3CCN(c4cccc(Cl)c4Cl)CC3)cc2N1. The molecule has 0 unspecified atom stereocenters. The fourth-order valence-corrected chi connectivity index (χ4v) is 4.55. The van der Waals surface area contributed by atoms with Crippen molar-refractivity contribution in [3.63, 3.8) is 0 Å². The molecule has 0 saturated carbocycles. The van der Waals surface area contributed by atoms with Crippen LogP contribution in [-0.2, 0) is 16.0 Å². The van der Waals surface area contributed by atoms with Gasteiger partial charge in [0, 0.05) is 38.3 Å². The van der Waals surface area contributed by atoms with Crippen molar-refractivity contribution in [2.75, 3.05) is 49.5 Å². The number of esters is 1. The quantitative estimate of drug-likeness (QED) is 0.466. The second-order valence-corrected chi connectivity index (χ2v) is 8.95. The Morgan fingerprint density at radius 3 is 2.66 bits per heavy atom. The third-order valence-corrected chi connectivity index (χ3v) is 6.80. The molecule has 0 radical (unpaired) electrons. The van der Waals surface area contributed by atoms with E-state index in [-0.39, 0.29) is 11.9 Å². The highest BCUT2D eigenvalue weighted by Crippen LogP contribution is 2.32. The zero-order valence-corrected chi connectivity index (χ0v) is 19.4. The van der Waals surface area contributed by atoms with Crippen LogP contribution in [0.4, 0.5) is 11.4 Å². The summed E-state index contributed by atoms with van der Waals surface area (Å²) >= 11 is 12.5. The molecule has 1 amide bonds. The fourth-order valence-electron chi connectivity index (χ4n) is 4.13. The number of amides is 1. The van der Waals surface area contributed by atoms with Crippen molar-refractivity contribution >= 4 is 46.5 Å². The molecule has 2 aliphatic heterocycles. The Balaban J connectivity index is 1.15. The van der Waals surface area contributed by atoms with Crippen molar-refractivity contribution in [2.45, 2.75) is 25.7 Å². The summed E-state index contributed by atoms with van der Waals surface area (Å²) in [6.07, 6.45) is 2.97. The number of unbranched alkanes of at least 4 members (excludes halogenated alkanes) is 1. The standard InChI is InChI=1S/C24H27Cl2N3O3/c25-19-4-3-5-21(23(19)26)29-13-11-28(12-14-29)10-1-2-15-32-24(31)18-7-6-17-8-9-22(30)27-20(17)16-18/h3-7,16H,1-2,8-15H2,(H,27,30). The maximum Gasteiger partial charge on any atom is 0.338 e. The minimum Gasteiger partial charge on any atom is -0.462 e. The summed E-state index contributed by atoms with van der Waals surface area (Å²) in [5.41, 5.74) is 3.24. The predicted octanol–water partition coefficient (Wildman–Crippen LogP) is 4.64. The normalized spacial score (nSPS) is 16.4. The van der Waals surface area contributed by atoms with Crippen LogP contribution in [0.25, 0.3) is 0 Å². The molecule has 0 aromatic heterocycles. The molecule has 0 spiro atoms. The van der Waals surface area contributed by atoms with Crippen molar-refractivity contribution in [3.05, 3.63) is 57.6 Å². The van der Waals surface area contributed by atoms with E-state index in [2.05, 4.69) is 15.1 Å². The van der Waals surface area contributed by atoms with Gasteiger partial charge in [0.2, 0.25) is 5.91 Å². The van der Waals surface area contributed by atoms with E-state index < -0.39 is 0 Å². The molecule has 1 N–H and O–H groups in total. The topological polar surface area (TPSA) is 61.9 Å². The lowest BCUT2D eigenvalue weighted by Gasteiger charge is -2.36. The first kappa shape index (κ1) is 22.9. The van der Waals surface area contributed by atoms with Gasteiger partial charge in [-0.25, -0.2) is 4.79 Å². The number of hydrogen-bond acceptors (Lipinski definition) is 5. The van der Waals surface area contributed by atoms with E-state index in [0.29, 0.717) is 40.7 Å². The predicted molar refractivity (Wildman–Crippen MR) is 128 cm³/mol. The molecule has 2 aliphatic rings. The van der Waals surface area contributed by atoms with E-state index in [1.54, 1.807) is 18.2 Å². The molecular weight excluding hydrogens is 449 g/mol. The van der Waals surface area contributed by atoms with E-state index in [1.165, 1.54) is 0 Å². The largest absolute Gasteiger partial charge is 0.462 e. The van der Waals surface area contributed by atoms with E-state index in [4.69, 9.17) is 27.9 Å². The highest BCUT2D eigenvalue weighted by Gasteiger charge is 2.20. The van der Waals surface area contributed by atoms with Gasteiger partial charge in [-0.2, -0.15) is 0 Å². The highest BCUT2D eigenvalue weighted by molar-refractivity contribution is 6.43. The lowest BCUT2D eigenvalue weighted by atomic mass is 10.0. The van der Waals surface area contributed by atoms with Gasteiger partial charge in [0.05, 0.1) is 27.9 Å². The maximum atomic E-state index is 12.3. The van der Waals surface area contributed by atoms with E-state index in [0.717, 1.165) is 56.8 Å². The Hall–Kier alpha value is -2.28. The van der Waals surface area contributed by atoms with Gasteiger partial charge < -0.3 is 15.0 Å². The van der Waals surface area contributed by atoms with Crippen LogP contribution in [0.2, 0.25) is 10.0 Å². The van der Waals surface area contributed by atoms with Crippen molar-refractivity contribution in [1.29, 1.82) is 0 Å². The van der Waals surface area contributed by atoms with Crippen LogP contribution in [0.5, 0.6) is 0 Å². The number of aryl methyl sites for hydroxylation is 1. The van der Waals surface area contributed by atoms with Crippen molar-refractivity contribution < 1.29 is 14.3 Å². The minimum atomic E-state index is -0.348. The number of ether oxygens (including phenoxy) is 1. The number of fused-ring (bicyclic) bond motifs is 1. The van der Waals surface area contributed by atoms with Crippen LogP contribution in [0.3, 0.4) is 0 Å². The average Bonchev–Trinajstić information content (AvgIpc) is 2.80. The van der Waals surface area contributed by atoms with Crippen molar-refractivity contribution in [1.82, 2.24) is 4.90 Å². The Morgan fingerprint density at radius 1 is 1.03 bits per heavy atom. The van der Waals surface area contributed by atoms with Crippen LogP contribution < -0.4 is 10.2 Å². The van der Waals surface area contributed by atoms with Gasteiger partial charge in [-0.15, -0.1) is 0 Å². The number of benzene rings is 2. The summed E-state index contributed by atoms with van der Waals surface area (Å²) in [5.74, 6) is -0.362. The van der Waals surface area contributed by atoms with Gasteiger partial charge in [0.25, 0.3) is 0 Å². The van der Waals surface area contributed by atoms with Gasteiger partial charge in [0.15, 0.2) is 0 Å². The molecule has 2 heterocycles. The molecule has 170 valence electrons. The van der Waals surface area contributed by atoms with Crippen LogP contribution >= 0.6 is 23.2 Å². The molecule has 8 heteroatoms. The molecule has 0 aliphatic carbocycles. The highest BCUT2D eigenvalue weighted by atomic mass is 35.5. The van der Waals surface area contributed by atoms with E-state index in [9.17, 15) is 9.59 Å². The summed E-state index contributed by atoms with van der Waals surface area (Å²) in [7, 11) is 0. The molecule has 0 atom stereocenters. The lowest BCUT2D eigenvalue weighted by molar-refractivity contribution is -0.116. The van der Waals surface area contributed by atoms with Crippen LogP contribution in [0.15, 0.2) is 36.4 Å². The molecule has 2 aromatic carbocycles. The Morgan fingerprint density at radius 2 is 1.84 bits per heavy atom. The minimum absolute atomic E-state index is 0.0143. The molecule has 1 saturated heterocycles. The first-order valence-electron chi connectivity index (χ1n) is 11.0. The summed E-state index contributed by atoms with van der Waals surface area (Å²) in [6.45, 7) is 5.10. The van der Waals surface area contributed by atoms with Crippen molar-refractivity contribution in [3.8, 4) is 0 Å². The number of rotatable bonds is 7. The number of carbonyl (C=O) groups is 2. The first-order chi connectivity index (χ1) is 15.5. The zero-order chi connectivity index (χ0) is 22.5. The fraction of sp³-hybridized carbons (Fsp3) is 0.417. The molecule has 1 fully saturated rings. The van der Waals surface area contributed by atoms with Gasteiger partial charge in [0.1, 0.15) is 0 Å². The first-order valence-corrected chi connectivity index (χ1v) is 11.8. The molecular formula is C24H27Cl2N3O3. The number of piperazine rings is 1. The number of nitrogens with one attached hydrogen (secondary N) is 1. The van der Waals surface area contributed by atoms with Gasteiger partial charge in [-0.3, -0.25) is 9.69 Å². The summed E-state index contributed by atoms with van der Waals surface area (Å²) < 4.78 is 5.43. The molecule has 4 rings (SSSR count). The second kappa shape index (κ2) is 10.6. The van der Waals surface area contributed by atoms with Gasteiger partial charge >= 0.3 is 5.97 Å². The van der Waals surface area contributed by atoms with Crippen LogP contribution in [0, 0.1) is 0 Å². The third kappa shape index (κ3) is 5.55. The maximum absolute atomic E-state index is 12.3. The van der Waals surface area contributed by atoms with Gasteiger partial charge in [-0.05, 0) is 55.6 Å². The Bertz CT molecular complexity index is 990. The van der Waals surface area contributed by atoms with Crippen LogP contribution in [0.1, 0.15) is 35.2 Å². The number of nitrogens with zero attached hydrogens (tertiary/aromatic N) is 2. The zero-order valence-electron chi connectivity index (χ0n) is 17.9. The van der Waals surface area contributed by atoms with Crippen LogP contribution in [-0.4, -0.2) is 56.1 Å². The lowest BCUT2D eigenvalue weighted by Crippen LogP contribution is -2.46. The number of hydrogen-bond donors (Lipinski definition) is 1. The average molecular weight is 476 g/mol. The Kier molecular flexibility index (Phi) is 7.55. The molecule has 6 nitrogen and oxygen atoms in total. The second-order valence-electron chi connectivity index (χ2n) is 8.16. The summed E-state index contributed by atoms with van der Waals surface area (Å²) in [6, 6.07) is 11.1. The van der Waals surface area contributed by atoms with E-state index >= 15 is 0 Å². The third-order valence-electron chi connectivity index (χ3n) is 5.99. The number of halogens is 2. The molecule has 32 heavy (non-hydrogen) atoms. The summed E-state index contributed by atoms with van der Waals surface area (Å²) in [4.78, 5) is 28.6. The van der Waals surface area contributed by atoms with Gasteiger partial charge in [-0.1, -0.05) is 35.3 Å². The van der Waals surface area contributed by atoms with Crippen molar-refractivity contribution in [2.24, 2.45) is 0 Å². The monoisotopic (exact) mass is 475 g/mol. The smallest absolute Gasteiger partial charge is 0.338 e. The number of carbonyl (C=O) groups excluding carboxylic acids is 2. The summed E-state index contributed by atoms with van der Waals surface area (Å²) in [5, 5.41) is 4.02. The van der Waals surface area contributed by atoms with E-state index in [1.807, 2.05) is 18.2 Å². The molecule has 0 bridgehead atoms. The Labute approximate surface area is 198 Å². The number of anilines is 2.